The Morgan fingerprint density at radius 3 is 2.34 bits per heavy atom. The largest absolute Gasteiger partial charge is 0.351 e. The van der Waals surface area contributed by atoms with Gasteiger partial charge in [0, 0.05) is 28.7 Å². The number of rotatable bonds is 8. The maximum Gasteiger partial charge on any atom is 0.243 e. The molecule has 0 saturated heterocycles. The van der Waals surface area contributed by atoms with Crippen LogP contribution in [0.5, 0.6) is 0 Å². The van der Waals surface area contributed by atoms with Gasteiger partial charge in [0.1, 0.15) is 5.82 Å². The summed E-state index contributed by atoms with van der Waals surface area (Å²) >= 11 is 12.0. The Morgan fingerprint density at radius 1 is 1.00 bits per heavy atom. The van der Waals surface area contributed by atoms with Crippen LogP contribution in [0.4, 0.5) is 4.39 Å². The minimum absolute atomic E-state index is 0.0213. The fourth-order valence-electron chi connectivity index (χ4n) is 2.98. The van der Waals surface area contributed by atoms with Crippen LogP contribution >= 0.6 is 23.2 Å². The maximum absolute atomic E-state index is 14.2. The van der Waals surface area contributed by atoms with Gasteiger partial charge in [0.25, 0.3) is 0 Å². The van der Waals surface area contributed by atoms with Crippen LogP contribution in [0.3, 0.4) is 0 Å². The summed E-state index contributed by atoms with van der Waals surface area (Å²) in [5.41, 5.74) is 1.69. The SMILES string of the molecule is Cc1ccc(S(=O)(=O)N(CC(=O)NCc2ccc(Cl)cc2Cl)Cc2ccccc2F)cc1. The van der Waals surface area contributed by atoms with Gasteiger partial charge >= 0.3 is 0 Å². The molecular weight excluding hydrogens is 474 g/mol. The van der Waals surface area contributed by atoms with Crippen LogP contribution in [0.2, 0.25) is 10.0 Å². The van der Waals surface area contributed by atoms with Gasteiger partial charge in [-0.1, -0.05) is 65.2 Å². The first-order chi connectivity index (χ1) is 15.2. The van der Waals surface area contributed by atoms with Gasteiger partial charge in [0.2, 0.25) is 15.9 Å². The highest BCUT2D eigenvalue weighted by atomic mass is 35.5. The standard InChI is InChI=1S/C23H21Cl2FN2O3S/c1-16-6-10-20(11-7-16)32(30,31)28(14-18-4-2-3-5-22(18)26)15-23(29)27-13-17-8-9-19(24)12-21(17)25/h2-12H,13-15H2,1H3,(H,27,29). The van der Waals surface area contributed by atoms with E-state index in [0.717, 1.165) is 9.87 Å². The fourth-order valence-corrected chi connectivity index (χ4v) is 4.83. The van der Waals surface area contributed by atoms with E-state index in [0.29, 0.717) is 15.6 Å². The molecule has 0 aliphatic heterocycles. The number of hydrogen-bond acceptors (Lipinski definition) is 3. The van der Waals surface area contributed by atoms with Gasteiger partial charge in [0.05, 0.1) is 11.4 Å². The molecule has 0 unspecified atom stereocenters. The highest BCUT2D eigenvalue weighted by Gasteiger charge is 2.27. The molecular formula is C23H21Cl2FN2O3S. The van der Waals surface area contributed by atoms with Crippen LogP contribution in [0.15, 0.2) is 71.6 Å². The van der Waals surface area contributed by atoms with Crippen molar-refractivity contribution in [3.63, 3.8) is 0 Å². The smallest absolute Gasteiger partial charge is 0.243 e. The van der Waals surface area contributed by atoms with Gasteiger partial charge < -0.3 is 5.32 Å². The minimum atomic E-state index is -4.06. The summed E-state index contributed by atoms with van der Waals surface area (Å²) in [6.07, 6.45) is 0. The third-order valence-corrected chi connectivity index (χ3v) is 7.17. The number of aryl methyl sites for hydroxylation is 1. The third-order valence-electron chi connectivity index (χ3n) is 4.77. The van der Waals surface area contributed by atoms with E-state index in [1.165, 1.54) is 30.3 Å². The Kier molecular flexibility index (Phi) is 7.90. The van der Waals surface area contributed by atoms with Crippen molar-refractivity contribution >= 4 is 39.1 Å². The predicted molar refractivity (Wildman–Crippen MR) is 123 cm³/mol. The quantitative estimate of drug-likeness (QED) is 0.481. The molecule has 0 spiro atoms. The first-order valence-electron chi connectivity index (χ1n) is 9.67. The molecule has 3 aromatic rings. The first-order valence-corrected chi connectivity index (χ1v) is 11.9. The van der Waals surface area contributed by atoms with E-state index in [1.54, 1.807) is 36.4 Å². The van der Waals surface area contributed by atoms with Gasteiger partial charge in [0.15, 0.2) is 0 Å². The second-order valence-electron chi connectivity index (χ2n) is 7.19. The molecule has 0 aromatic heterocycles. The number of sulfonamides is 1. The average molecular weight is 495 g/mol. The fraction of sp³-hybridized carbons (Fsp3) is 0.174. The molecule has 1 amide bonds. The molecule has 0 radical (unpaired) electrons. The average Bonchev–Trinajstić information content (AvgIpc) is 2.74. The molecule has 0 aliphatic rings. The monoisotopic (exact) mass is 494 g/mol. The topological polar surface area (TPSA) is 66.5 Å². The summed E-state index contributed by atoms with van der Waals surface area (Å²) in [4.78, 5) is 12.7. The first kappa shape index (κ1) is 24.2. The molecule has 0 fully saturated rings. The van der Waals surface area contributed by atoms with Gasteiger partial charge in [-0.3, -0.25) is 4.79 Å². The summed E-state index contributed by atoms with van der Waals surface area (Å²) in [7, 11) is -4.06. The molecule has 0 atom stereocenters. The van der Waals surface area contributed by atoms with Crippen molar-refractivity contribution in [1.82, 2.24) is 9.62 Å². The molecule has 0 heterocycles. The van der Waals surface area contributed by atoms with Gasteiger partial charge in [-0.15, -0.1) is 0 Å². The number of carbonyl (C=O) groups is 1. The lowest BCUT2D eigenvalue weighted by Gasteiger charge is -2.22. The van der Waals surface area contributed by atoms with E-state index in [-0.39, 0.29) is 23.5 Å². The highest BCUT2D eigenvalue weighted by Crippen LogP contribution is 2.22. The van der Waals surface area contributed by atoms with E-state index in [4.69, 9.17) is 23.2 Å². The van der Waals surface area contributed by atoms with Crippen molar-refractivity contribution in [2.45, 2.75) is 24.9 Å². The van der Waals surface area contributed by atoms with Crippen LogP contribution in [0.1, 0.15) is 16.7 Å². The number of nitrogens with one attached hydrogen (secondary N) is 1. The Balaban J connectivity index is 1.82. The summed E-state index contributed by atoms with van der Waals surface area (Å²) in [5, 5.41) is 3.50. The normalized spacial score (nSPS) is 11.5. The van der Waals surface area contributed by atoms with Crippen LogP contribution in [-0.2, 0) is 27.9 Å². The van der Waals surface area contributed by atoms with Crippen molar-refractivity contribution in [3.8, 4) is 0 Å². The number of carbonyl (C=O) groups excluding carboxylic acids is 1. The molecule has 0 saturated carbocycles. The zero-order valence-electron chi connectivity index (χ0n) is 17.2. The maximum atomic E-state index is 14.2. The highest BCUT2D eigenvalue weighted by molar-refractivity contribution is 7.89. The van der Waals surface area contributed by atoms with Gasteiger partial charge in [-0.25, -0.2) is 12.8 Å². The molecule has 3 aromatic carbocycles. The molecule has 5 nitrogen and oxygen atoms in total. The van der Waals surface area contributed by atoms with Gasteiger partial charge in [-0.2, -0.15) is 4.31 Å². The zero-order valence-corrected chi connectivity index (χ0v) is 19.5. The van der Waals surface area contributed by atoms with Crippen molar-refractivity contribution in [2.24, 2.45) is 0 Å². The van der Waals surface area contributed by atoms with Crippen molar-refractivity contribution < 1.29 is 17.6 Å². The van der Waals surface area contributed by atoms with Gasteiger partial charge in [-0.05, 0) is 42.8 Å². The predicted octanol–water partition coefficient (Wildman–Crippen LogP) is 4.95. The van der Waals surface area contributed by atoms with E-state index in [2.05, 4.69) is 5.32 Å². The van der Waals surface area contributed by atoms with E-state index < -0.39 is 28.3 Å². The number of amides is 1. The second-order valence-corrected chi connectivity index (χ2v) is 9.97. The Hall–Kier alpha value is -2.45. The summed E-state index contributed by atoms with van der Waals surface area (Å²) < 4.78 is 41.7. The van der Waals surface area contributed by atoms with E-state index in [9.17, 15) is 17.6 Å². The molecule has 9 heteroatoms. The van der Waals surface area contributed by atoms with Crippen LogP contribution in [-0.4, -0.2) is 25.2 Å². The Bertz CT molecular complexity index is 1220. The zero-order chi connectivity index (χ0) is 23.3. The van der Waals surface area contributed by atoms with Crippen molar-refractivity contribution in [2.75, 3.05) is 6.54 Å². The van der Waals surface area contributed by atoms with Crippen LogP contribution < -0.4 is 5.32 Å². The minimum Gasteiger partial charge on any atom is -0.351 e. The summed E-state index contributed by atoms with van der Waals surface area (Å²) in [6, 6.07) is 17.0. The summed E-state index contributed by atoms with van der Waals surface area (Å²) in [6.45, 7) is 1.14. The molecule has 0 bridgehead atoms. The van der Waals surface area contributed by atoms with Crippen molar-refractivity contribution in [3.05, 3.63) is 99.3 Å². The number of halogens is 3. The second kappa shape index (κ2) is 10.4. The Morgan fingerprint density at radius 2 is 1.69 bits per heavy atom. The van der Waals surface area contributed by atoms with E-state index >= 15 is 0 Å². The van der Waals surface area contributed by atoms with Crippen LogP contribution in [0, 0.1) is 12.7 Å². The Labute approximate surface area is 196 Å². The van der Waals surface area contributed by atoms with Crippen LogP contribution in [0.25, 0.3) is 0 Å². The van der Waals surface area contributed by atoms with Crippen molar-refractivity contribution in [1.29, 1.82) is 0 Å². The van der Waals surface area contributed by atoms with E-state index in [1.807, 2.05) is 6.92 Å². The molecule has 168 valence electrons. The number of benzene rings is 3. The molecule has 0 aliphatic carbocycles. The molecule has 1 N–H and O–H groups in total. The lowest BCUT2D eigenvalue weighted by molar-refractivity contribution is -0.121. The molecule has 32 heavy (non-hydrogen) atoms. The number of nitrogens with zero attached hydrogens (tertiary/aromatic N) is 1. The lowest BCUT2D eigenvalue weighted by atomic mass is 10.2. The third kappa shape index (κ3) is 6.07. The molecule has 3 rings (SSSR count). The summed E-state index contributed by atoms with van der Waals surface area (Å²) in [5.74, 6) is -1.10. The number of hydrogen-bond donors (Lipinski definition) is 1. The lowest BCUT2D eigenvalue weighted by Crippen LogP contribution is -2.40.